The van der Waals surface area contributed by atoms with Gasteiger partial charge in [0.2, 0.25) is 0 Å². The van der Waals surface area contributed by atoms with Crippen molar-refractivity contribution < 1.29 is 19.5 Å². The van der Waals surface area contributed by atoms with Crippen LogP contribution >= 0.6 is 0 Å². The first-order valence-corrected chi connectivity index (χ1v) is 18.0. The summed E-state index contributed by atoms with van der Waals surface area (Å²) >= 11 is 0. The predicted molar refractivity (Wildman–Crippen MR) is 206 cm³/mol. The number of likely N-dealkylation sites (tertiary alicyclic amines) is 2. The Kier molecular flexibility index (Phi) is 9.87. The van der Waals surface area contributed by atoms with Crippen molar-refractivity contribution >= 4 is 36.9 Å². The average molecular weight is 746 g/mol. The minimum absolute atomic E-state index is 0.0451. The Morgan fingerprint density at radius 3 is 2.44 bits per heavy atom. The number of para-hydroxylation sites is 1. The Balaban J connectivity index is 1.12. The number of amides is 3. The van der Waals surface area contributed by atoms with E-state index in [0.29, 0.717) is 37.4 Å². The highest BCUT2D eigenvalue weighted by Crippen LogP contribution is 2.49. The second-order valence-corrected chi connectivity index (χ2v) is 14.1. The second kappa shape index (κ2) is 14.6. The third-order valence-corrected chi connectivity index (χ3v) is 10.5. The summed E-state index contributed by atoms with van der Waals surface area (Å²) in [6.45, 7) is 4.26. The fraction of sp³-hybridized carbons (Fsp3) is 0.351. The van der Waals surface area contributed by atoms with Crippen molar-refractivity contribution in [2.45, 2.75) is 37.5 Å². The SMILES string of the molecule is [B]C(O)(c1cccc(C(=O)N2CCCC2)n1)N1CC(n2ncc3c2C(C)N(C)c2c(NC(/C=C(\N)NC(=O)c4cnn(C)c4)=C(/N)C(=O)NC)cccc2-3)C1. The zero-order valence-electron chi connectivity index (χ0n) is 31.2. The first kappa shape index (κ1) is 37.2. The summed E-state index contributed by atoms with van der Waals surface area (Å²) in [4.78, 5) is 48.6. The van der Waals surface area contributed by atoms with Crippen LogP contribution in [0.2, 0.25) is 0 Å². The number of fused-ring (bicyclic) bond motifs is 3. The number of nitrogens with zero attached hydrogens (tertiary/aromatic N) is 8. The highest BCUT2D eigenvalue weighted by Gasteiger charge is 2.44. The van der Waals surface area contributed by atoms with Crippen LogP contribution < -0.4 is 32.3 Å². The number of benzene rings is 1. The fourth-order valence-electron chi connectivity index (χ4n) is 7.31. The van der Waals surface area contributed by atoms with Gasteiger partial charge in [0.15, 0.2) is 0 Å². The van der Waals surface area contributed by atoms with E-state index in [9.17, 15) is 19.5 Å². The van der Waals surface area contributed by atoms with Crippen LogP contribution in [0.5, 0.6) is 0 Å². The number of hydrogen-bond donors (Lipinski definition) is 6. The molecule has 2 radical (unpaired) electrons. The molecular weight excluding hydrogens is 701 g/mol. The van der Waals surface area contributed by atoms with Gasteiger partial charge in [-0.15, -0.1) is 0 Å². The number of allylic oxidation sites excluding steroid dienone is 1. The smallest absolute Gasteiger partial charge is 0.272 e. The highest BCUT2D eigenvalue weighted by atomic mass is 16.3. The van der Waals surface area contributed by atoms with Gasteiger partial charge in [-0.2, -0.15) is 10.2 Å². The minimum atomic E-state index is -1.89. The van der Waals surface area contributed by atoms with E-state index in [1.807, 2.05) is 36.1 Å². The number of carbonyl (C=O) groups is 3. The monoisotopic (exact) mass is 745 g/mol. The molecule has 1 aromatic carbocycles. The Bertz CT molecular complexity index is 2210. The maximum absolute atomic E-state index is 13.0. The molecule has 284 valence electrons. The number of aromatic nitrogens is 5. The molecular formula is C37H44BN13O4. The number of nitrogens with one attached hydrogen (secondary N) is 3. The zero-order chi connectivity index (χ0) is 39.2. The van der Waals surface area contributed by atoms with Crippen molar-refractivity contribution in [1.82, 2.24) is 45.0 Å². The van der Waals surface area contributed by atoms with Gasteiger partial charge >= 0.3 is 0 Å². The van der Waals surface area contributed by atoms with E-state index in [4.69, 9.17) is 24.4 Å². The summed E-state index contributed by atoms with van der Waals surface area (Å²) in [7, 11) is 11.6. The van der Waals surface area contributed by atoms with E-state index in [-0.39, 0.29) is 46.6 Å². The lowest BCUT2D eigenvalue weighted by Gasteiger charge is -2.49. The summed E-state index contributed by atoms with van der Waals surface area (Å²) < 4.78 is 3.48. The zero-order valence-corrected chi connectivity index (χ0v) is 31.2. The molecule has 0 aliphatic carbocycles. The quantitative estimate of drug-likeness (QED) is 0.0756. The molecule has 3 aliphatic heterocycles. The third-order valence-electron chi connectivity index (χ3n) is 10.5. The number of nitrogens with two attached hydrogens (primary N) is 2. The number of rotatable bonds is 10. The molecule has 17 nitrogen and oxygen atoms in total. The molecule has 2 atom stereocenters. The summed E-state index contributed by atoms with van der Waals surface area (Å²) in [5.74, 6) is -1.23. The fourth-order valence-corrected chi connectivity index (χ4v) is 7.31. The highest BCUT2D eigenvalue weighted by molar-refractivity contribution is 6.14. The molecule has 3 aromatic heterocycles. The molecule has 2 saturated heterocycles. The van der Waals surface area contributed by atoms with Crippen LogP contribution in [0.3, 0.4) is 0 Å². The van der Waals surface area contributed by atoms with Crippen LogP contribution in [-0.4, -0.2) is 105 Å². The predicted octanol–water partition coefficient (Wildman–Crippen LogP) is 0.812. The molecule has 7 rings (SSSR count). The van der Waals surface area contributed by atoms with Crippen molar-refractivity contribution in [2.24, 2.45) is 18.5 Å². The molecule has 3 aliphatic rings. The molecule has 0 spiro atoms. The largest absolute Gasteiger partial charge is 0.393 e. The van der Waals surface area contributed by atoms with Gasteiger partial charge in [-0.1, -0.05) is 18.2 Å². The molecule has 8 N–H and O–H groups in total. The van der Waals surface area contributed by atoms with E-state index in [2.05, 4.69) is 37.9 Å². The summed E-state index contributed by atoms with van der Waals surface area (Å²) in [5, 5.41) is 28.8. The Morgan fingerprint density at radius 2 is 1.75 bits per heavy atom. The van der Waals surface area contributed by atoms with E-state index in [1.165, 1.54) is 24.0 Å². The number of hydrogen-bond acceptors (Lipinski definition) is 12. The van der Waals surface area contributed by atoms with Gasteiger partial charge in [0.05, 0.1) is 58.5 Å². The van der Waals surface area contributed by atoms with Crippen molar-refractivity contribution in [3.05, 3.63) is 101 Å². The summed E-state index contributed by atoms with van der Waals surface area (Å²) in [6.07, 6.45) is 8.12. The number of anilines is 2. The standard InChI is InChI=1S/C37H44BN13O4/c1-21-32-25(17-43-51(32)23-19-50(20-23)37(38,55)29-12-8-11-27(45-29)36(54)49-13-5-6-14-49)24-9-7-10-26(33(24)48(21)4)44-28(31(40)35(53)41-2)15-30(39)46-34(52)22-16-42-47(3)18-22/h7-12,15-18,21,23,44,55H,5-6,13-14,19-20,39-40H2,1-4H3,(H,41,53)(H,46,52)/b30-15+,31-28+. The molecule has 4 aromatic rings. The molecule has 2 fully saturated rings. The third kappa shape index (κ3) is 6.89. The lowest BCUT2D eigenvalue weighted by atomic mass is 9.82. The summed E-state index contributed by atoms with van der Waals surface area (Å²) in [6, 6.07) is 10.5. The number of pyridine rings is 1. The van der Waals surface area contributed by atoms with Crippen LogP contribution in [0, 0.1) is 0 Å². The number of likely N-dealkylation sites (N-methyl/N-ethyl adjacent to an activating group) is 1. The van der Waals surface area contributed by atoms with E-state index in [0.717, 1.165) is 35.3 Å². The lowest BCUT2D eigenvalue weighted by Crippen LogP contribution is -2.59. The number of aryl methyl sites for hydroxylation is 1. The Morgan fingerprint density at radius 1 is 1.02 bits per heavy atom. The minimum Gasteiger partial charge on any atom is -0.393 e. The van der Waals surface area contributed by atoms with Crippen LogP contribution in [-0.2, 0) is 17.5 Å². The first-order valence-electron chi connectivity index (χ1n) is 18.0. The van der Waals surface area contributed by atoms with Gasteiger partial charge in [-0.05, 0) is 38.0 Å². The average Bonchev–Trinajstić information content (AvgIpc) is 3.94. The van der Waals surface area contributed by atoms with Gasteiger partial charge in [0.1, 0.15) is 30.7 Å². The van der Waals surface area contributed by atoms with Crippen LogP contribution in [0.25, 0.3) is 11.1 Å². The van der Waals surface area contributed by atoms with Crippen molar-refractivity contribution in [2.75, 3.05) is 50.5 Å². The van der Waals surface area contributed by atoms with Crippen molar-refractivity contribution in [3.8, 4) is 11.1 Å². The number of aliphatic hydroxyl groups is 1. The molecule has 55 heavy (non-hydrogen) atoms. The van der Waals surface area contributed by atoms with Crippen LogP contribution in [0.15, 0.2) is 78.3 Å². The van der Waals surface area contributed by atoms with Gasteiger partial charge in [0, 0.05) is 70.7 Å². The van der Waals surface area contributed by atoms with E-state index >= 15 is 0 Å². The van der Waals surface area contributed by atoms with Crippen LogP contribution in [0.1, 0.15) is 64.1 Å². The van der Waals surface area contributed by atoms with E-state index < -0.39 is 17.4 Å². The van der Waals surface area contributed by atoms with E-state index in [1.54, 1.807) is 41.2 Å². The van der Waals surface area contributed by atoms with Crippen molar-refractivity contribution in [1.29, 1.82) is 0 Å². The second-order valence-electron chi connectivity index (χ2n) is 14.1. The maximum Gasteiger partial charge on any atom is 0.272 e. The van der Waals surface area contributed by atoms with Gasteiger partial charge in [-0.3, -0.25) is 28.6 Å². The lowest BCUT2D eigenvalue weighted by molar-refractivity contribution is -0.117. The molecule has 6 heterocycles. The number of carbonyl (C=O) groups excluding carboxylic acids is 3. The normalized spacial score (nSPS) is 18.8. The van der Waals surface area contributed by atoms with Gasteiger partial charge < -0.3 is 42.3 Å². The first-order chi connectivity index (χ1) is 26.3. The maximum atomic E-state index is 13.0. The molecule has 0 bridgehead atoms. The molecule has 3 amide bonds. The molecule has 0 saturated carbocycles. The van der Waals surface area contributed by atoms with Gasteiger partial charge in [0.25, 0.3) is 17.7 Å². The topological polar surface area (TPSA) is 218 Å². The van der Waals surface area contributed by atoms with Crippen LogP contribution in [0.4, 0.5) is 11.4 Å². The Labute approximate surface area is 319 Å². The van der Waals surface area contributed by atoms with Crippen molar-refractivity contribution in [3.63, 3.8) is 0 Å². The molecule has 18 heteroatoms. The molecule has 2 unspecified atom stereocenters. The summed E-state index contributed by atoms with van der Waals surface area (Å²) in [5.41, 5.74) is 15.7. The van der Waals surface area contributed by atoms with Gasteiger partial charge in [-0.25, -0.2) is 4.98 Å². The Hall–Kier alpha value is -6.14.